The van der Waals surface area contributed by atoms with Crippen LogP contribution in [-0.2, 0) is 4.79 Å². The Morgan fingerprint density at radius 1 is 1.20 bits per heavy atom. The quantitative estimate of drug-likeness (QED) is 0.886. The van der Waals surface area contributed by atoms with Crippen LogP contribution in [0.2, 0.25) is 0 Å². The largest absolute Gasteiger partial charge is 0.349 e. The Bertz CT molecular complexity index is 433. The molecule has 3 heteroatoms. The van der Waals surface area contributed by atoms with Crippen LogP contribution in [0.1, 0.15) is 56.7 Å². The second-order valence-corrected chi connectivity index (χ2v) is 6.09. The lowest BCUT2D eigenvalue weighted by Gasteiger charge is -2.24. The summed E-state index contributed by atoms with van der Waals surface area (Å²) in [5.74, 6) is 0.848. The van der Waals surface area contributed by atoms with Gasteiger partial charge in [-0.1, -0.05) is 38.1 Å². The van der Waals surface area contributed by atoms with Crippen LogP contribution in [-0.4, -0.2) is 19.0 Å². The second kappa shape index (κ2) is 6.89. The third-order valence-corrected chi connectivity index (χ3v) is 4.13. The molecule has 0 spiro atoms. The molecule has 0 aromatic heterocycles. The van der Waals surface area contributed by atoms with E-state index in [-0.39, 0.29) is 17.9 Å². The summed E-state index contributed by atoms with van der Waals surface area (Å²) in [6, 6.07) is 8.64. The Balaban J connectivity index is 1.93. The number of rotatable bonds is 4. The minimum atomic E-state index is 0.0747. The van der Waals surface area contributed by atoms with Crippen molar-refractivity contribution in [1.29, 1.82) is 0 Å². The predicted molar refractivity (Wildman–Crippen MR) is 82.7 cm³/mol. The number of piperidine rings is 1. The van der Waals surface area contributed by atoms with E-state index in [1.165, 1.54) is 11.1 Å². The first kappa shape index (κ1) is 15.0. The van der Waals surface area contributed by atoms with E-state index in [2.05, 4.69) is 55.7 Å². The Hall–Kier alpha value is -1.35. The molecule has 1 saturated heterocycles. The summed E-state index contributed by atoms with van der Waals surface area (Å²) in [7, 11) is 0. The van der Waals surface area contributed by atoms with E-state index in [1.807, 2.05) is 0 Å². The van der Waals surface area contributed by atoms with E-state index >= 15 is 0 Å². The van der Waals surface area contributed by atoms with Crippen LogP contribution >= 0.6 is 0 Å². The monoisotopic (exact) mass is 274 g/mol. The molecule has 2 atom stereocenters. The van der Waals surface area contributed by atoms with Crippen LogP contribution in [0.4, 0.5) is 0 Å². The number of amides is 1. The number of hydrogen-bond acceptors (Lipinski definition) is 2. The van der Waals surface area contributed by atoms with Crippen molar-refractivity contribution in [1.82, 2.24) is 10.6 Å². The van der Waals surface area contributed by atoms with Gasteiger partial charge in [0.1, 0.15) is 0 Å². The first-order valence-corrected chi connectivity index (χ1v) is 7.69. The van der Waals surface area contributed by atoms with Crippen LogP contribution in [0.5, 0.6) is 0 Å². The van der Waals surface area contributed by atoms with Crippen molar-refractivity contribution in [3.63, 3.8) is 0 Å². The molecule has 1 aromatic carbocycles. The van der Waals surface area contributed by atoms with E-state index in [0.29, 0.717) is 5.92 Å². The third kappa shape index (κ3) is 3.83. The Morgan fingerprint density at radius 3 is 2.40 bits per heavy atom. The van der Waals surface area contributed by atoms with Gasteiger partial charge in [-0.25, -0.2) is 0 Å². The molecule has 1 aliphatic heterocycles. The average molecular weight is 274 g/mol. The number of benzene rings is 1. The third-order valence-electron chi connectivity index (χ3n) is 4.13. The summed E-state index contributed by atoms with van der Waals surface area (Å²) in [6.07, 6.45) is 2.09. The fourth-order valence-corrected chi connectivity index (χ4v) is 2.66. The number of carbonyl (C=O) groups excluding carboxylic acids is 1. The van der Waals surface area contributed by atoms with Crippen LogP contribution in [0, 0.1) is 5.92 Å². The molecule has 110 valence electrons. The SMILES string of the molecule is CC(C)c1ccc(C(C)NC(=O)[C@@H]2CCCNC2)cc1. The fourth-order valence-electron chi connectivity index (χ4n) is 2.66. The number of hydrogen-bond donors (Lipinski definition) is 2. The number of carbonyl (C=O) groups is 1. The Labute approximate surface area is 122 Å². The van der Waals surface area contributed by atoms with Gasteiger partial charge >= 0.3 is 0 Å². The van der Waals surface area contributed by atoms with Gasteiger partial charge in [-0.05, 0) is 43.4 Å². The summed E-state index contributed by atoms with van der Waals surface area (Å²) in [5, 5.41) is 6.42. The van der Waals surface area contributed by atoms with E-state index in [9.17, 15) is 4.79 Å². The molecule has 20 heavy (non-hydrogen) atoms. The molecule has 0 bridgehead atoms. The van der Waals surface area contributed by atoms with Gasteiger partial charge in [-0.2, -0.15) is 0 Å². The molecule has 1 fully saturated rings. The van der Waals surface area contributed by atoms with Crippen molar-refractivity contribution in [2.45, 2.75) is 45.6 Å². The van der Waals surface area contributed by atoms with Crippen LogP contribution < -0.4 is 10.6 Å². The van der Waals surface area contributed by atoms with Gasteiger partial charge in [-0.15, -0.1) is 0 Å². The fraction of sp³-hybridized carbons (Fsp3) is 0.588. The van der Waals surface area contributed by atoms with Gasteiger partial charge in [0, 0.05) is 6.54 Å². The molecule has 0 radical (unpaired) electrons. The first-order valence-electron chi connectivity index (χ1n) is 7.69. The Morgan fingerprint density at radius 2 is 1.85 bits per heavy atom. The lowest BCUT2D eigenvalue weighted by molar-refractivity contribution is -0.126. The summed E-state index contributed by atoms with van der Waals surface area (Å²) >= 11 is 0. The summed E-state index contributed by atoms with van der Waals surface area (Å²) < 4.78 is 0. The molecule has 1 aromatic rings. The minimum absolute atomic E-state index is 0.0747. The maximum atomic E-state index is 12.2. The highest BCUT2D eigenvalue weighted by Gasteiger charge is 2.22. The normalized spacial score (nSPS) is 20.7. The highest BCUT2D eigenvalue weighted by atomic mass is 16.1. The molecule has 2 rings (SSSR count). The maximum absolute atomic E-state index is 12.2. The first-order chi connectivity index (χ1) is 9.58. The molecule has 1 amide bonds. The molecule has 3 nitrogen and oxygen atoms in total. The van der Waals surface area contributed by atoms with E-state index in [0.717, 1.165) is 25.9 Å². The predicted octanol–water partition coefficient (Wildman–Crippen LogP) is 2.99. The zero-order valence-corrected chi connectivity index (χ0v) is 12.8. The smallest absolute Gasteiger partial charge is 0.224 e. The highest BCUT2D eigenvalue weighted by Crippen LogP contribution is 2.19. The van der Waals surface area contributed by atoms with E-state index < -0.39 is 0 Å². The van der Waals surface area contributed by atoms with Gasteiger partial charge < -0.3 is 10.6 Å². The lowest BCUT2D eigenvalue weighted by atomic mass is 9.97. The molecule has 1 aliphatic rings. The van der Waals surface area contributed by atoms with Crippen LogP contribution in [0.3, 0.4) is 0 Å². The average Bonchev–Trinajstić information content (AvgIpc) is 2.48. The molecular weight excluding hydrogens is 248 g/mol. The van der Waals surface area contributed by atoms with Gasteiger partial charge in [0.15, 0.2) is 0 Å². The van der Waals surface area contributed by atoms with Crippen molar-refractivity contribution in [3.05, 3.63) is 35.4 Å². The minimum Gasteiger partial charge on any atom is -0.349 e. The zero-order valence-electron chi connectivity index (χ0n) is 12.8. The summed E-state index contributed by atoms with van der Waals surface area (Å²) in [4.78, 5) is 12.2. The Kier molecular flexibility index (Phi) is 5.18. The molecule has 0 saturated carbocycles. The van der Waals surface area contributed by atoms with Crippen LogP contribution in [0.15, 0.2) is 24.3 Å². The van der Waals surface area contributed by atoms with E-state index in [4.69, 9.17) is 0 Å². The lowest BCUT2D eigenvalue weighted by Crippen LogP contribution is -2.41. The second-order valence-electron chi connectivity index (χ2n) is 6.09. The molecule has 1 unspecified atom stereocenters. The van der Waals surface area contributed by atoms with Crippen molar-refractivity contribution < 1.29 is 4.79 Å². The molecule has 0 aliphatic carbocycles. The summed E-state index contributed by atoms with van der Waals surface area (Å²) in [5.41, 5.74) is 2.51. The van der Waals surface area contributed by atoms with Crippen molar-refractivity contribution >= 4 is 5.91 Å². The summed E-state index contributed by atoms with van der Waals surface area (Å²) in [6.45, 7) is 8.28. The highest BCUT2D eigenvalue weighted by molar-refractivity contribution is 5.79. The zero-order chi connectivity index (χ0) is 14.5. The molecule has 2 N–H and O–H groups in total. The van der Waals surface area contributed by atoms with Crippen molar-refractivity contribution in [2.75, 3.05) is 13.1 Å². The van der Waals surface area contributed by atoms with Gasteiger partial charge in [0.05, 0.1) is 12.0 Å². The van der Waals surface area contributed by atoms with Gasteiger partial charge in [0.25, 0.3) is 0 Å². The molecule has 1 heterocycles. The topological polar surface area (TPSA) is 41.1 Å². The van der Waals surface area contributed by atoms with Crippen molar-refractivity contribution in [3.8, 4) is 0 Å². The standard InChI is InChI=1S/C17H26N2O/c1-12(2)14-6-8-15(9-7-14)13(3)19-17(20)16-5-4-10-18-11-16/h6-9,12-13,16,18H,4-5,10-11H2,1-3H3,(H,19,20)/t13?,16-/m1/s1. The van der Waals surface area contributed by atoms with Crippen molar-refractivity contribution in [2.24, 2.45) is 5.92 Å². The molecular formula is C17H26N2O. The number of nitrogens with one attached hydrogen (secondary N) is 2. The van der Waals surface area contributed by atoms with Gasteiger partial charge in [0.2, 0.25) is 5.91 Å². The maximum Gasteiger partial charge on any atom is 0.224 e. The van der Waals surface area contributed by atoms with Crippen LogP contribution in [0.25, 0.3) is 0 Å². The van der Waals surface area contributed by atoms with E-state index in [1.54, 1.807) is 0 Å². The van der Waals surface area contributed by atoms with Gasteiger partial charge in [-0.3, -0.25) is 4.79 Å².